The molecule has 0 spiro atoms. The van der Waals surface area contributed by atoms with Crippen molar-refractivity contribution in [3.05, 3.63) is 84.2 Å². The van der Waals surface area contributed by atoms with Gasteiger partial charge in [-0.05, 0) is 43.3 Å². The van der Waals surface area contributed by atoms with Gasteiger partial charge in [-0.1, -0.05) is 35.9 Å². The summed E-state index contributed by atoms with van der Waals surface area (Å²) in [6.45, 7) is 5.15. The molecule has 0 bridgehead atoms. The molecule has 0 saturated carbocycles. The zero-order valence-electron chi connectivity index (χ0n) is 16.0. The number of nitrogens with one attached hydrogen (secondary N) is 1. The summed E-state index contributed by atoms with van der Waals surface area (Å²) in [4.78, 5) is 21.3. The Morgan fingerprint density at radius 1 is 0.857 bits per heavy atom. The Kier molecular flexibility index (Phi) is 5.24. The fraction of sp³-hybridized carbons (Fsp3) is 0.217. The minimum Gasteiger partial charge on any atom is -0.368 e. The van der Waals surface area contributed by atoms with E-state index in [1.54, 1.807) is 12.3 Å². The Bertz CT molecular complexity index is 915. The molecule has 5 nitrogen and oxygen atoms in total. The standard InChI is InChI=1S/C23H24N4O/c1-18-7-9-19(10-8-18)25-20-11-12-22(24-17-20)23(28)27-15-13-26(14-16-27)21-5-3-2-4-6-21/h2-12,17,25H,13-16H2,1H3. The molecule has 2 aromatic carbocycles. The molecule has 2 heterocycles. The van der Waals surface area contributed by atoms with E-state index in [0.29, 0.717) is 18.8 Å². The van der Waals surface area contributed by atoms with Gasteiger partial charge >= 0.3 is 0 Å². The first-order valence-electron chi connectivity index (χ1n) is 9.58. The van der Waals surface area contributed by atoms with Crippen LogP contribution in [0.25, 0.3) is 0 Å². The first-order chi connectivity index (χ1) is 13.7. The largest absolute Gasteiger partial charge is 0.368 e. The lowest BCUT2D eigenvalue weighted by atomic mass is 10.2. The summed E-state index contributed by atoms with van der Waals surface area (Å²) in [7, 11) is 0. The number of piperazine rings is 1. The summed E-state index contributed by atoms with van der Waals surface area (Å²) in [5.74, 6) is -0.00500. The van der Waals surface area contributed by atoms with Gasteiger partial charge in [-0.2, -0.15) is 0 Å². The number of carbonyl (C=O) groups is 1. The highest BCUT2D eigenvalue weighted by Gasteiger charge is 2.23. The van der Waals surface area contributed by atoms with Crippen molar-refractivity contribution >= 4 is 23.0 Å². The number of hydrogen-bond donors (Lipinski definition) is 1. The van der Waals surface area contributed by atoms with Crippen molar-refractivity contribution in [2.45, 2.75) is 6.92 Å². The van der Waals surface area contributed by atoms with E-state index in [4.69, 9.17) is 0 Å². The van der Waals surface area contributed by atoms with Gasteiger partial charge in [0.25, 0.3) is 5.91 Å². The molecule has 1 aliphatic rings. The van der Waals surface area contributed by atoms with Crippen LogP contribution in [0.1, 0.15) is 16.1 Å². The number of rotatable bonds is 4. The summed E-state index contributed by atoms with van der Waals surface area (Å²) >= 11 is 0. The van der Waals surface area contributed by atoms with Crippen LogP contribution in [0, 0.1) is 6.92 Å². The van der Waals surface area contributed by atoms with Crippen molar-refractivity contribution in [1.29, 1.82) is 0 Å². The Morgan fingerprint density at radius 2 is 1.54 bits per heavy atom. The number of para-hydroxylation sites is 1. The lowest BCUT2D eigenvalue weighted by Gasteiger charge is -2.36. The van der Waals surface area contributed by atoms with E-state index in [1.165, 1.54) is 11.3 Å². The van der Waals surface area contributed by atoms with Gasteiger partial charge in [0, 0.05) is 37.6 Å². The van der Waals surface area contributed by atoms with Crippen molar-refractivity contribution in [3.8, 4) is 0 Å². The summed E-state index contributed by atoms with van der Waals surface area (Å²) in [5, 5.41) is 3.31. The molecule has 0 radical (unpaired) electrons. The van der Waals surface area contributed by atoms with Gasteiger partial charge in [0.15, 0.2) is 0 Å². The SMILES string of the molecule is Cc1ccc(Nc2ccc(C(=O)N3CCN(c4ccccc4)CC3)nc2)cc1. The second-order valence-electron chi connectivity index (χ2n) is 7.04. The van der Waals surface area contributed by atoms with Crippen molar-refractivity contribution in [2.24, 2.45) is 0 Å². The van der Waals surface area contributed by atoms with Gasteiger partial charge in [-0.15, -0.1) is 0 Å². The van der Waals surface area contributed by atoms with Crippen LogP contribution < -0.4 is 10.2 Å². The van der Waals surface area contributed by atoms with E-state index in [1.807, 2.05) is 41.3 Å². The maximum absolute atomic E-state index is 12.8. The molecule has 0 unspecified atom stereocenters. The van der Waals surface area contributed by atoms with Gasteiger partial charge in [-0.25, -0.2) is 4.98 Å². The minimum atomic E-state index is -0.00500. The molecular formula is C23H24N4O. The van der Waals surface area contributed by atoms with Crippen LogP contribution in [0.15, 0.2) is 72.9 Å². The average Bonchev–Trinajstić information content (AvgIpc) is 2.76. The highest BCUT2D eigenvalue weighted by atomic mass is 16.2. The van der Waals surface area contributed by atoms with Crippen LogP contribution >= 0.6 is 0 Å². The molecule has 0 atom stereocenters. The normalized spacial score (nSPS) is 14.0. The number of aryl methyl sites for hydroxylation is 1. The zero-order valence-corrected chi connectivity index (χ0v) is 16.0. The number of pyridine rings is 1. The summed E-state index contributed by atoms with van der Waals surface area (Å²) in [6, 6.07) is 22.2. The topological polar surface area (TPSA) is 48.5 Å². The van der Waals surface area contributed by atoms with Crippen molar-refractivity contribution in [3.63, 3.8) is 0 Å². The molecule has 1 fully saturated rings. The van der Waals surface area contributed by atoms with E-state index in [0.717, 1.165) is 24.5 Å². The third-order valence-electron chi connectivity index (χ3n) is 5.01. The molecule has 1 aromatic heterocycles. The lowest BCUT2D eigenvalue weighted by molar-refractivity contribution is 0.0741. The third-order valence-corrected chi connectivity index (χ3v) is 5.01. The first kappa shape index (κ1) is 18.0. The molecule has 1 saturated heterocycles. The highest BCUT2D eigenvalue weighted by molar-refractivity contribution is 5.92. The molecule has 4 rings (SSSR count). The van der Waals surface area contributed by atoms with Gasteiger partial charge in [0.1, 0.15) is 5.69 Å². The smallest absolute Gasteiger partial charge is 0.272 e. The maximum Gasteiger partial charge on any atom is 0.272 e. The molecule has 1 amide bonds. The quantitative estimate of drug-likeness (QED) is 0.749. The molecule has 1 aliphatic heterocycles. The van der Waals surface area contributed by atoms with E-state index < -0.39 is 0 Å². The number of aromatic nitrogens is 1. The molecule has 28 heavy (non-hydrogen) atoms. The van der Waals surface area contributed by atoms with Gasteiger partial charge in [0.2, 0.25) is 0 Å². The number of anilines is 3. The number of hydrogen-bond acceptors (Lipinski definition) is 4. The fourth-order valence-corrected chi connectivity index (χ4v) is 3.37. The van der Waals surface area contributed by atoms with Crippen LogP contribution in [-0.4, -0.2) is 42.0 Å². The van der Waals surface area contributed by atoms with Crippen LogP contribution in [0.5, 0.6) is 0 Å². The number of benzene rings is 2. The molecule has 5 heteroatoms. The molecule has 0 aliphatic carbocycles. The monoisotopic (exact) mass is 372 g/mol. The molecule has 3 aromatic rings. The van der Waals surface area contributed by atoms with E-state index in [9.17, 15) is 4.79 Å². The second kappa shape index (κ2) is 8.13. The average molecular weight is 372 g/mol. The van der Waals surface area contributed by atoms with E-state index in [2.05, 4.69) is 46.4 Å². The van der Waals surface area contributed by atoms with E-state index >= 15 is 0 Å². The predicted octanol–water partition coefficient (Wildman–Crippen LogP) is 4.10. The van der Waals surface area contributed by atoms with Crippen LogP contribution in [0.4, 0.5) is 17.1 Å². The van der Waals surface area contributed by atoms with Gasteiger partial charge in [0.05, 0.1) is 11.9 Å². The Balaban J connectivity index is 1.35. The fourth-order valence-electron chi connectivity index (χ4n) is 3.37. The molecular weight excluding hydrogens is 348 g/mol. The van der Waals surface area contributed by atoms with E-state index in [-0.39, 0.29) is 5.91 Å². The summed E-state index contributed by atoms with van der Waals surface area (Å²) < 4.78 is 0. The number of amides is 1. The number of nitrogens with zero attached hydrogens (tertiary/aromatic N) is 3. The lowest BCUT2D eigenvalue weighted by Crippen LogP contribution is -2.49. The number of carbonyl (C=O) groups excluding carboxylic acids is 1. The van der Waals surface area contributed by atoms with Crippen LogP contribution in [-0.2, 0) is 0 Å². The third kappa shape index (κ3) is 4.14. The second-order valence-corrected chi connectivity index (χ2v) is 7.04. The highest BCUT2D eigenvalue weighted by Crippen LogP contribution is 2.19. The van der Waals surface area contributed by atoms with Gasteiger partial charge in [-0.3, -0.25) is 4.79 Å². The predicted molar refractivity (Wildman–Crippen MR) is 113 cm³/mol. The molecule has 142 valence electrons. The minimum absolute atomic E-state index is 0.00500. The maximum atomic E-state index is 12.8. The Hall–Kier alpha value is -3.34. The van der Waals surface area contributed by atoms with Crippen molar-refractivity contribution in [1.82, 2.24) is 9.88 Å². The summed E-state index contributed by atoms with van der Waals surface area (Å²) in [5.41, 5.74) is 4.79. The summed E-state index contributed by atoms with van der Waals surface area (Å²) in [6.07, 6.45) is 1.72. The van der Waals surface area contributed by atoms with Crippen LogP contribution in [0.2, 0.25) is 0 Å². The van der Waals surface area contributed by atoms with Crippen molar-refractivity contribution in [2.75, 3.05) is 36.4 Å². The zero-order chi connectivity index (χ0) is 19.3. The van der Waals surface area contributed by atoms with Gasteiger partial charge < -0.3 is 15.1 Å². The Morgan fingerprint density at radius 3 is 2.18 bits per heavy atom. The first-order valence-corrected chi connectivity index (χ1v) is 9.58. The van der Waals surface area contributed by atoms with Crippen molar-refractivity contribution < 1.29 is 4.79 Å². The van der Waals surface area contributed by atoms with Crippen LogP contribution in [0.3, 0.4) is 0 Å². The Labute approximate surface area is 165 Å². The molecule has 1 N–H and O–H groups in total.